The Labute approximate surface area is 175 Å². The van der Waals surface area contributed by atoms with Crippen LogP contribution in [0.2, 0.25) is 0 Å². The van der Waals surface area contributed by atoms with Crippen LogP contribution in [0.25, 0.3) is 17.1 Å². The molecule has 0 fully saturated rings. The van der Waals surface area contributed by atoms with E-state index < -0.39 is 0 Å². The monoisotopic (exact) mass is 401 g/mol. The van der Waals surface area contributed by atoms with E-state index in [1.54, 1.807) is 18.9 Å². The van der Waals surface area contributed by atoms with E-state index in [0.29, 0.717) is 0 Å². The van der Waals surface area contributed by atoms with Gasteiger partial charge in [-0.25, -0.2) is 0 Å². The summed E-state index contributed by atoms with van der Waals surface area (Å²) in [5.41, 5.74) is 5.71. The standard InChI is InChI=1S/C24H23N3OS/c1-17-11-13-20(14-12-17)27-23(21-9-4-5-10-22(21)28-3)25-26-24(27)29-16-19-8-6-7-18(2)15-19/h4-15H,16H2,1-3H3. The van der Waals surface area contributed by atoms with Gasteiger partial charge in [0.25, 0.3) is 0 Å². The van der Waals surface area contributed by atoms with Crippen LogP contribution >= 0.6 is 11.8 Å². The van der Waals surface area contributed by atoms with Crippen LogP contribution in [0.3, 0.4) is 0 Å². The van der Waals surface area contributed by atoms with E-state index in [2.05, 4.69) is 77.1 Å². The van der Waals surface area contributed by atoms with Gasteiger partial charge in [0.1, 0.15) is 5.75 Å². The zero-order valence-electron chi connectivity index (χ0n) is 16.8. The van der Waals surface area contributed by atoms with Gasteiger partial charge in [0.05, 0.1) is 12.7 Å². The molecule has 1 aromatic heterocycles. The molecule has 1 heterocycles. The fourth-order valence-corrected chi connectivity index (χ4v) is 4.14. The van der Waals surface area contributed by atoms with Crippen LogP contribution in [0, 0.1) is 13.8 Å². The summed E-state index contributed by atoms with van der Waals surface area (Å²) in [6, 6.07) is 24.9. The quantitative estimate of drug-likeness (QED) is 0.380. The number of aryl methyl sites for hydroxylation is 2. The highest BCUT2D eigenvalue weighted by molar-refractivity contribution is 7.98. The highest BCUT2D eigenvalue weighted by Gasteiger charge is 2.19. The molecule has 4 aromatic rings. The Bertz CT molecular complexity index is 1120. The van der Waals surface area contributed by atoms with Crippen molar-refractivity contribution in [3.63, 3.8) is 0 Å². The number of benzene rings is 3. The predicted molar refractivity (Wildman–Crippen MR) is 119 cm³/mol. The minimum atomic E-state index is 0.776. The van der Waals surface area contributed by atoms with Crippen LogP contribution < -0.4 is 4.74 Å². The van der Waals surface area contributed by atoms with Crippen molar-refractivity contribution in [2.75, 3.05) is 7.11 Å². The summed E-state index contributed by atoms with van der Waals surface area (Å²) in [6.07, 6.45) is 0. The van der Waals surface area contributed by atoms with Crippen LogP contribution in [0.15, 0.2) is 78.0 Å². The molecule has 0 atom stereocenters. The number of nitrogens with zero attached hydrogens (tertiary/aromatic N) is 3. The number of para-hydroxylation sites is 1. The maximum Gasteiger partial charge on any atom is 0.196 e. The summed E-state index contributed by atoms with van der Waals surface area (Å²) in [5, 5.41) is 9.92. The van der Waals surface area contributed by atoms with Crippen molar-refractivity contribution in [1.29, 1.82) is 0 Å². The summed E-state index contributed by atoms with van der Waals surface area (Å²) >= 11 is 1.69. The Morgan fingerprint density at radius 3 is 2.41 bits per heavy atom. The van der Waals surface area contributed by atoms with Gasteiger partial charge < -0.3 is 4.74 Å². The minimum Gasteiger partial charge on any atom is -0.496 e. The molecule has 4 rings (SSSR count). The molecule has 5 heteroatoms. The van der Waals surface area contributed by atoms with Crippen LogP contribution in [0.4, 0.5) is 0 Å². The van der Waals surface area contributed by atoms with Gasteiger partial charge in [-0.3, -0.25) is 4.57 Å². The first-order chi connectivity index (χ1) is 14.2. The lowest BCUT2D eigenvalue weighted by molar-refractivity contribution is 0.416. The van der Waals surface area contributed by atoms with Crippen molar-refractivity contribution >= 4 is 11.8 Å². The van der Waals surface area contributed by atoms with Gasteiger partial charge in [-0.2, -0.15) is 0 Å². The lowest BCUT2D eigenvalue weighted by atomic mass is 10.1. The lowest BCUT2D eigenvalue weighted by Gasteiger charge is -2.13. The molecular weight excluding hydrogens is 378 g/mol. The molecule has 4 nitrogen and oxygen atoms in total. The molecule has 0 unspecified atom stereocenters. The lowest BCUT2D eigenvalue weighted by Crippen LogP contribution is -2.01. The van der Waals surface area contributed by atoms with E-state index in [1.807, 2.05) is 24.3 Å². The van der Waals surface area contributed by atoms with Gasteiger partial charge in [0.2, 0.25) is 0 Å². The molecule has 29 heavy (non-hydrogen) atoms. The van der Waals surface area contributed by atoms with Gasteiger partial charge >= 0.3 is 0 Å². The average Bonchev–Trinajstić information content (AvgIpc) is 3.16. The van der Waals surface area contributed by atoms with Gasteiger partial charge in [0.15, 0.2) is 11.0 Å². The molecule has 0 aliphatic rings. The first-order valence-corrected chi connectivity index (χ1v) is 10.5. The third-order valence-corrected chi connectivity index (χ3v) is 5.72. The van der Waals surface area contributed by atoms with Crippen molar-refractivity contribution in [1.82, 2.24) is 14.8 Å². The molecule has 0 radical (unpaired) electrons. The maximum absolute atomic E-state index is 5.57. The number of rotatable bonds is 6. The molecule has 0 aliphatic carbocycles. The highest BCUT2D eigenvalue weighted by atomic mass is 32.2. The van der Waals surface area contributed by atoms with Crippen LogP contribution in [0.5, 0.6) is 5.75 Å². The van der Waals surface area contributed by atoms with Gasteiger partial charge in [0, 0.05) is 11.4 Å². The van der Waals surface area contributed by atoms with E-state index in [1.165, 1.54) is 16.7 Å². The number of thioether (sulfide) groups is 1. The third kappa shape index (κ3) is 4.20. The van der Waals surface area contributed by atoms with Gasteiger partial charge in [-0.1, -0.05) is 71.4 Å². The van der Waals surface area contributed by atoms with Gasteiger partial charge in [-0.15, -0.1) is 10.2 Å². The zero-order valence-corrected chi connectivity index (χ0v) is 17.6. The number of methoxy groups -OCH3 is 1. The largest absolute Gasteiger partial charge is 0.496 e. The molecule has 3 aromatic carbocycles. The normalized spacial score (nSPS) is 10.9. The second-order valence-electron chi connectivity index (χ2n) is 6.96. The van der Waals surface area contributed by atoms with E-state index in [0.717, 1.165) is 33.7 Å². The molecule has 0 amide bonds. The Balaban J connectivity index is 1.77. The molecule has 0 saturated carbocycles. The van der Waals surface area contributed by atoms with Gasteiger partial charge in [-0.05, 0) is 43.7 Å². The first-order valence-electron chi connectivity index (χ1n) is 9.50. The Kier molecular flexibility index (Phi) is 5.67. The molecule has 0 aliphatic heterocycles. The summed E-state index contributed by atoms with van der Waals surface area (Å²) in [7, 11) is 1.68. The third-order valence-electron chi connectivity index (χ3n) is 4.72. The smallest absolute Gasteiger partial charge is 0.196 e. The SMILES string of the molecule is COc1ccccc1-c1nnc(SCc2cccc(C)c2)n1-c1ccc(C)cc1. The van der Waals surface area contributed by atoms with Crippen molar-refractivity contribution < 1.29 is 4.74 Å². The van der Waals surface area contributed by atoms with Crippen LogP contribution in [0.1, 0.15) is 16.7 Å². The number of hydrogen-bond donors (Lipinski definition) is 0. The zero-order chi connectivity index (χ0) is 20.2. The second-order valence-corrected chi connectivity index (χ2v) is 7.90. The molecule has 0 spiro atoms. The van der Waals surface area contributed by atoms with E-state index in [9.17, 15) is 0 Å². The minimum absolute atomic E-state index is 0.776. The molecule has 0 N–H and O–H groups in total. The summed E-state index contributed by atoms with van der Waals surface area (Å²) in [6.45, 7) is 4.20. The Hall–Kier alpha value is -3.05. The first kappa shape index (κ1) is 19.3. The Morgan fingerprint density at radius 1 is 0.862 bits per heavy atom. The van der Waals surface area contributed by atoms with Crippen LogP contribution in [-0.4, -0.2) is 21.9 Å². The second kappa shape index (κ2) is 8.53. The predicted octanol–water partition coefficient (Wildman–Crippen LogP) is 5.85. The molecular formula is C24H23N3OS. The number of ether oxygens (including phenoxy) is 1. The summed E-state index contributed by atoms with van der Waals surface area (Å²) in [4.78, 5) is 0. The topological polar surface area (TPSA) is 39.9 Å². The molecule has 0 saturated heterocycles. The van der Waals surface area contributed by atoms with E-state index in [4.69, 9.17) is 4.74 Å². The number of hydrogen-bond acceptors (Lipinski definition) is 4. The van der Waals surface area contributed by atoms with Crippen molar-refractivity contribution in [2.24, 2.45) is 0 Å². The Morgan fingerprint density at radius 2 is 1.66 bits per heavy atom. The van der Waals surface area contributed by atoms with E-state index >= 15 is 0 Å². The van der Waals surface area contributed by atoms with Crippen molar-refractivity contribution in [3.8, 4) is 22.8 Å². The fourth-order valence-electron chi connectivity index (χ4n) is 3.24. The van der Waals surface area contributed by atoms with Crippen molar-refractivity contribution in [3.05, 3.63) is 89.5 Å². The van der Waals surface area contributed by atoms with E-state index in [-0.39, 0.29) is 0 Å². The van der Waals surface area contributed by atoms with Crippen molar-refractivity contribution in [2.45, 2.75) is 24.8 Å². The maximum atomic E-state index is 5.57. The summed E-state index contributed by atoms with van der Waals surface area (Å²) < 4.78 is 7.68. The fraction of sp³-hybridized carbons (Fsp3) is 0.167. The summed E-state index contributed by atoms with van der Waals surface area (Å²) in [5.74, 6) is 2.39. The molecule has 0 bridgehead atoms. The number of aromatic nitrogens is 3. The average molecular weight is 402 g/mol. The molecule has 146 valence electrons. The van der Waals surface area contributed by atoms with Crippen LogP contribution in [-0.2, 0) is 5.75 Å². The highest BCUT2D eigenvalue weighted by Crippen LogP contribution is 2.34.